The summed E-state index contributed by atoms with van der Waals surface area (Å²) in [6.45, 7) is 3.59. The second kappa shape index (κ2) is 6.01. The van der Waals surface area contributed by atoms with E-state index in [2.05, 4.69) is 31.2 Å². The van der Waals surface area contributed by atoms with Crippen LogP contribution >= 0.6 is 0 Å². The Morgan fingerprint density at radius 2 is 2.22 bits per heavy atom. The molecule has 0 aliphatic carbocycles. The maximum Gasteiger partial charge on any atom is 0.223 e. The van der Waals surface area contributed by atoms with Crippen molar-refractivity contribution in [2.75, 3.05) is 13.1 Å². The average molecular weight is 246 g/mol. The normalized spacial score (nSPS) is 18.6. The molecule has 98 valence electrons. The lowest BCUT2D eigenvalue weighted by molar-refractivity contribution is -0.134. The lowest BCUT2D eigenvalue weighted by Crippen LogP contribution is -2.39. The van der Waals surface area contributed by atoms with Crippen LogP contribution in [0.15, 0.2) is 24.3 Å². The summed E-state index contributed by atoms with van der Waals surface area (Å²) < 4.78 is 0. The van der Waals surface area contributed by atoms with Gasteiger partial charge in [-0.05, 0) is 36.9 Å². The van der Waals surface area contributed by atoms with Gasteiger partial charge in [0.15, 0.2) is 0 Å². The van der Waals surface area contributed by atoms with Gasteiger partial charge in [-0.3, -0.25) is 4.79 Å². The van der Waals surface area contributed by atoms with Crippen LogP contribution in [0.4, 0.5) is 0 Å². The van der Waals surface area contributed by atoms with E-state index in [9.17, 15) is 4.79 Å². The topological polar surface area (TPSA) is 46.3 Å². The summed E-state index contributed by atoms with van der Waals surface area (Å²) in [5.41, 5.74) is 8.20. The Morgan fingerprint density at radius 3 is 2.94 bits per heavy atom. The Hall–Kier alpha value is -1.35. The van der Waals surface area contributed by atoms with E-state index in [0.717, 1.165) is 25.8 Å². The highest BCUT2D eigenvalue weighted by Crippen LogP contribution is 2.32. The number of rotatable bonds is 4. The number of nitrogens with two attached hydrogens (primary N) is 1. The summed E-state index contributed by atoms with van der Waals surface area (Å²) >= 11 is 0. The Labute approximate surface area is 109 Å². The van der Waals surface area contributed by atoms with Crippen molar-refractivity contribution < 1.29 is 4.79 Å². The zero-order chi connectivity index (χ0) is 13.0. The van der Waals surface area contributed by atoms with E-state index in [-0.39, 0.29) is 11.9 Å². The molecule has 2 N–H and O–H groups in total. The smallest absolute Gasteiger partial charge is 0.223 e. The standard InChI is InChI=1S/C15H22N2O/c1-2-14-13-7-4-3-6-12(13)9-11-17(14)15(18)8-5-10-16/h3-4,6-7,14H,2,5,8-11,16H2,1H3/t14-/m1/s1. The molecule has 1 amide bonds. The Bertz CT molecular complexity index is 417. The minimum absolute atomic E-state index is 0.250. The van der Waals surface area contributed by atoms with Crippen LogP contribution in [0.3, 0.4) is 0 Å². The molecule has 1 aliphatic rings. The van der Waals surface area contributed by atoms with Crippen LogP contribution < -0.4 is 5.73 Å². The Kier molecular flexibility index (Phi) is 4.37. The van der Waals surface area contributed by atoms with Crippen molar-refractivity contribution in [3.8, 4) is 0 Å². The highest BCUT2D eigenvalue weighted by Gasteiger charge is 2.28. The predicted molar refractivity (Wildman–Crippen MR) is 73.2 cm³/mol. The van der Waals surface area contributed by atoms with Crippen LogP contribution in [0.2, 0.25) is 0 Å². The number of hydrogen-bond acceptors (Lipinski definition) is 2. The van der Waals surface area contributed by atoms with Crippen molar-refractivity contribution in [3.63, 3.8) is 0 Å². The lowest BCUT2D eigenvalue weighted by atomic mass is 9.91. The zero-order valence-electron chi connectivity index (χ0n) is 11.1. The van der Waals surface area contributed by atoms with Crippen LogP contribution in [0, 0.1) is 0 Å². The van der Waals surface area contributed by atoms with Crippen LogP contribution in [-0.4, -0.2) is 23.9 Å². The predicted octanol–water partition coefficient (Wildman–Crippen LogP) is 2.26. The quantitative estimate of drug-likeness (QED) is 0.885. The van der Waals surface area contributed by atoms with Gasteiger partial charge < -0.3 is 10.6 Å². The molecular weight excluding hydrogens is 224 g/mol. The molecule has 1 aromatic carbocycles. The molecule has 0 bridgehead atoms. The molecule has 0 saturated carbocycles. The third-order valence-corrected chi connectivity index (χ3v) is 3.71. The second-order valence-electron chi connectivity index (χ2n) is 4.85. The number of carbonyl (C=O) groups excluding carboxylic acids is 1. The number of fused-ring (bicyclic) bond motifs is 1. The van der Waals surface area contributed by atoms with Crippen molar-refractivity contribution in [1.82, 2.24) is 4.90 Å². The molecule has 0 aromatic heterocycles. The van der Waals surface area contributed by atoms with Gasteiger partial charge in [-0.1, -0.05) is 31.2 Å². The maximum absolute atomic E-state index is 12.2. The maximum atomic E-state index is 12.2. The number of benzene rings is 1. The largest absolute Gasteiger partial charge is 0.335 e. The van der Waals surface area contributed by atoms with Crippen LogP contribution in [-0.2, 0) is 11.2 Å². The van der Waals surface area contributed by atoms with Crippen LogP contribution in [0.25, 0.3) is 0 Å². The molecule has 1 aliphatic heterocycles. The molecular formula is C15H22N2O. The highest BCUT2D eigenvalue weighted by atomic mass is 16.2. The molecule has 1 aromatic rings. The van der Waals surface area contributed by atoms with Gasteiger partial charge in [-0.2, -0.15) is 0 Å². The summed E-state index contributed by atoms with van der Waals surface area (Å²) in [6, 6.07) is 8.73. The van der Waals surface area contributed by atoms with E-state index in [1.165, 1.54) is 11.1 Å². The van der Waals surface area contributed by atoms with Crippen LogP contribution in [0.1, 0.15) is 43.4 Å². The van der Waals surface area contributed by atoms with Gasteiger partial charge in [-0.15, -0.1) is 0 Å². The monoisotopic (exact) mass is 246 g/mol. The van der Waals surface area contributed by atoms with E-state index in [1.807, 2.05) is 4.90 Å². The van der Waals surface area contributed by atoms with Gasteiger partial charge in [0, 0.05) is 13.0 Å². The molecule has 0 fully saturated rings. The molecule has 0 radical (unpaired) electrons. The highest BCUT2D eigenvalue weighted by molar-refractivity contribution is 5.77. The molecule has 2 rings (SSSR count). The summed E-state index contributed by atoms with van der Waals surface area (Å²) in [4.78, 5) is 14.2. The summed E-state index contributed by atoms with van der Waals surface area (Å²) in [5.74, 6) is 0.252. The van der Waals surface area contributed by atoms with Gasteiger partial charge in [0.05, 0.1) is 6.04 Å². The van der Waals surface area contributed by atoms with E-state index in [0.29, 0.717) is 13.0 Å². The Balaban J connectivity index is 2.17. The minimum Gasteiger partial charge on any atom is -0.335 e. The molecule has 0 spiro atoms. The molecule has 3 heteroatoms. The zero-order valence-corrected chi connectivity index (χ0v) is 11.1. The third-order valence-electron chi connectivity index (χ3n) is 3.71. The van der Waals surface area contributed by atoms with Gasteiger partial charge in [0.25, 0.3) is 0 Å². The van der Waals surface area contributed by atoms with Gasteiger partial charge >= 0.3 is 0 Å². The summed E-state index contributed by atoms with van der Waals surface area (Å²) in [6.07, 6.45) is 3.31. The molecule has 0 unspecified atom stereocenters. The molecule has 1 heterocycles. The summed E-state index contributed by atoms with van der Waals surface area (Å²) in [5, 5.41) is 0. The number of carbonyl (C=O) groups is 1. The number of amides is 1. The third kappa shape index (κ3) is 2.56. The fourth-order valence-electron chi connectivity index (χ4n) is 2.79. The van der Waals surface area contributed by atoms with Crippen LogP contribution in [0.5, 0.6) is 0 Å². The van der Waals surface area contributed by atoms with Crippen molar-refractivity contribution in [1.29, 1.82) is 0 Å². The molecule has 3 nitrogen and oxygen atoms in total. The van der Waals surface area contributed by atoms with Crippen molar-refractivity contribution in [2.45, 2.75) is 38.6 Å². The van der Waals surface area contributed by atoms with Crippen molar-refractivity contribution >= 4 is 5.91 Å². The van der Waals surface area contributed by atoms with E-state index >= 15 is 0 Å². The number of nitrogens with zero attached hydrogens (tertiary/aromatic N) is 1. The molecule has 1 atom stereocenters. The Morgan fingerprint density at radius 1 is 1.44 bits per heavy atom. The minimum atomic E-state index is 0.250. The fourth-order valence-corrected chi connectivity index (χ4v) is 2.79. The molecule has 0 saturated heterocycles. The SMILES string of the molecule is CC[C@@H]1c2ccccc2CCN1C(=O)CCCN. The van der Waals surface area contributed by atoms with Crippen molar-refractivity contribution in [2.24, 2.45) is 5.73 Å². The van der Waals surface area contributed by atoms with E-state index in [4.69, 9.17) is 5.73 Å². The first-order valence-corrected chi connectivity index (χ1v) is 6.85. The molecule has 18 heavy (non-hydrogen) atoms. The average Bonchev–Trinajstić information content (AvgIpc) is 2.43. The van der Waals surface area contributed by atoms with Gasteiger partial charge in [0.2, 0.25) is 5.91 Å². The van der Waals surface area contributed by atoms with E-state index < -0.39 is 0 Å². The summed E-state index contributed by atoms with van der Waals surface area (Å²) in [7, 11) is 0. The lowest BCUT2D eigenvalue weighted by Gasteiger charge is -2.37. The first-order valence-electron chi connectivity index (χ1n) is 6.85. The van der Waals surface area contributed by atoms with E-state index in [1.54, 1.807) is 0 Å². The fraction of sp³-hybridized carbons (Fsp3) is 0.533. The van der Waals surface area contributed by atoms with Gasteiger partial charge in [-0.25, -0.2) is 0 Å². The first-order chi connectivity index (χ1) is 8.77. The van der Waals surface area contributed by atoms with Gasteiger partial charge in [0.1, 0.15) is 0 Å². The second-order valence-corrected chi connectivity index (χ2v) is 4.85. The van der Waals surface area contributed by atoms with Crippen molar-refractivity contribution in [3.05, 3.63) is 35.4 Å². The first kappa shape index (κ1) is 13.1. The number of hydrogen-bond donors (Lipinski definition) is 1.